The van der Waals surface area contributed by atoms with E-state index in [1.54, 1.807) is 25.3 Å². The fourth-order valence-electron chi connectivity index (χ4n) is 1.58. The third-order valence-corrected chi connectivity index (χ3v) is 3.28. The Kier molecular flexibility index (Phi) is 4.63. The molecule has 2 rings (SSSR count). The van der Waals surface area contributed by atoms with Gasteiger partial charge in [-0.05, 0) is 52.4 Å². The van der Waals surface area contributed by atoms with Crippen molar-refractivity contribution in [1.82, 2.24) is 0 Å². The predicted octanol–water partition coefficient (Wildman–Crippen LogP) is 3.75. The summed E-state index contributed by atoms with van der Waals surface area (Å²) in [5.41, 5.74) is 1.61. The van der Waals surface area contributed by atoms with Crippen molar-refractivity contribution < 1.29 is 9.47 Å². The molecule has 4 heteroatoms. The first-order valence-corrected chi connectivity index (χ1v) is 6.75. The number of methoxy groups -OCH3 is 1. The van der Waals surface area contributed by atoms with Crippen molar-refractivity contribution in [2.75, 3.05) is 7.11 Å². The quantitative estimate of drug-likeness (QED) is 0.775. The highest BCUT2D eigenvalue weighted by Crippen LogP contribution is 2.23. The molecule has 0 bridgehead atoms. The molecule has 0 saturated heterocycles. The van der Waals surface area contributed by atoms with Crippen LogP contribution in [0.3, 0.4) is 0 Å². The smallest absolute Gasteiger partial charge is 0.124 e. The van der Waals surface area contributed by atoms with Crippen molar-refractivity contribution in [3.05, 3.63) is 57.2 Å². The number of benzene rings is 2. The topological polar surface area (TPSA) is 42.2 Å². The monoisotopic (exact) mass is 365 g/mol. The molecule has 0 heterocycles. The lowest BCUT2D eigenvalue weighted by Gasteiger charge is -2.08. The molecule has 2 aromatic carbocycles. The Morgan fingerprint density at radius 2 is 1.79 bits per heavy atom. The number of hydrogen-bond donors (Lipinski definition) is 0. The van der Waals surface area contributed by atoms with Crippen LogP contribution in [0, 0.1) is 14.9 Å². The molecule has 0 atom stereocenters. The molecule has 0 aliphatic heterocycles. The first-order valence-electron chi connectivity index (χ1n) is 5.67. The lowest BCUT2D eigenvalue weighted by atomic mass is 10.2. The molecule has 0 amide bonds. The van der Waals surface area contributed by atoms with Crippen molar-refractivity contribution in [3.8, 4) is 17.6 Å². The van der Waals surface area contributed by atoms with Crippen molar-refractivity contribution in [2.24, 2.45) is 0 Å². The average Bonchev–Trinajstić information content (AvgIpc) is 2.46. The van der Waals surface area contributed by atoms with Gasteiger partial charge < -0.3 is 9.47 Å². The second-order valence-electron chi connectivity index (χ2n) is 3.92. The molecule has 0 radical (unpaired) electrons. The fourth-order valence-corrected chi connectivity index (χ4v) is 1.94. The van der Waals surface area contributed by atoms with E-state index >= 15 is 0 Å². The molecule has 19 heavy (non-hydrogen) atoms. The summed E-state index contributed by atoms with van der Waals surface area (Å²) >= 11 is 2.26. The minimum Gasteiger partial charge on any atom is -0.497 e. The highest BCUT2D eigenvalue weighted by Gasteiger charge is 2.02. The van der Waals surface area contributed by atoms with E-state index in [-0.39, 0.29) is 0 Å². The fraction of sp³-hybridized carbons (Fsp3) is 0.133. The van der Waals surface area contributed by atoms with Crippen molar-refractivity contribution >= 4 is 22.6 Å². The highest BCUT2D eigenvalue weighted by atomic mass is 127. The van der Waals surface area contributed by atoms with Crippen LogP contribution in [0.5, 0.6) is 11.5 Å². The van der Waals surface area contributed by atoms with Crippen molar-refractivity contribution in [2.45, 2.75) is 6.61 Å². The van der Waals surface area contributed by atoms with E-state index in [9.17, 15) is 0 Å². The molecule has 0 saturated carbocycles. The van der Waals surface area contributed by atoms with Gasteiger partial charge in [-0.3, -0.25) is 0 Å². The van der Waals surface area contributed by atoms with Gasteiger partial charge in [-0.2, -0.15) is 5.26 Å². The molecule has 0 aliphatic rings. The Morgan fingerprint density at radius 1 is 1.11 bits per heavy atom. The van der Waals surface area contributed by atoms with E-state index in [1.807, 2.05) is 24.3 Å². The third-order valence-electron chi connectivity index (χ3n) is 2.56. The van der Waals surface area contributed by atoms with E-state index in [2.05, 4.69) is 28.7 Å². The van der Waals surface area contributed by atoms with E-state index in [4.69, 9.17) is 14.7 Å². The zero-order chi connectivity index (χ0) is 13.7. The number of nitrogens with zero attached hydrogens (tertiary/aromatic N) is 1. The van der Waals surface area contributed by atoms with Gasteiger partial charge in [0.25, 0.3) is 0 Å². The van der Waals surface area contributed by atoms with Gasteiger partial charge in [0.15, 0.2) is 0 Å². The SMILES string of the molecule is COc1cc(C#N)cc(OCc2ccc(I)cc2)c1. The highest BCUT2D eigenvalue weighted by molar-refractivity contribution is 14.1. The summed E-state index contributed by atoms with van der Waals surface area (Å²) < 4.78 is 12.0. The molecular weight excluding hydrogens is 353 g/mol. The third kappa shape index (κ3) is 3.86. The molecule has 0 aromatic heterocycles. The van der Waals surface area contributed by atoms with E-state index < -0.39 is 0 Å². The van der Waals surface area contributed by atoms with Gasteiger partial charge in [0, 0.05) is 9.64 Å². The molecule has 0 spiro atoms. The Balaban J connectivity index is 2.11. The second kappa shape index (κ2) is 6.43. The molecule has 0 fully saturated rings. The van der Waals surface area contributed by atoms with Crippen LogP contribution in [0.1, 0.15) is 11.1 Å². The molecule has 0 unspecified atom stereocenters. The summed E-state index contributed by atoms with van der Waals surface area (Å²) in [5.74, 6) is 1.26. The lowest BCUT2D eigenvalue weighted by Crippen LogP contribution is -1.96. The summed E-state index contributed by atoms with van der Waals surface area (Å²) in [4.78, 5) is 0. The van der Waals surface area contributed by atoms with Crippen LogP contribution in [0.4, 0.5) is 0 Å². The Hall–Kier alpha value is -1.74. The van der Waals surface area contributed by atoms with Gasteiger partial charge in [-0.15, -0.1) is 0 Å². The maximum absolute atomic E-state index is 8.94. The van der Waals surface area contributed by atoms with E-state index in [0.29, 0.717) is 23.7 Å². The van der Waals surface area contributed by atoms with Crippen LogP contribution in [0.2, 0.25) is 0 Å². The van der Waals surface area contributed by atoms with Crippen molar-refractivity contribution in [1.29, 1.82) is 5.26 Å². The van der Waals surface area contributed by atoms with Crippen LogP contribution in [0.25, 0.3) is 0 Å². The standard InChI is InChI=1S/C15H12INO2/c1-18-14-6-12(9-17)7-15(8-14)19-10-11-2-4-13(16)5-3-11/h2-8H,10H2,1H3. The van der Waals surface area contributed by atoms with Crippen LogP contribution in [-0.4, -0.2) is 7.11 Å². The molecule has 2 aromatic rings. The minimum atomic E-state index is 0.467. The second-order valence-corrected chi connectivity index (χ2v) is 5.17. The minimum absolute atomic E-state index is 0.467. The molecule has 3 nitrogen and oxygen atoms in total. The molecule has 0 N–H and O–H groups in total. The van der Waals surface area contributed by atoms with Crippen LogP contribution >= 0.6 is 22.6 Å². The zero-order valence-corrected chi connectivity index (χ0v) is 12.5. The van der Waals surface area contributed by atoms with Gasteiger partial charge in [0.2, 0.25) is 0 Å². The summed E-state index contributed by atoms with van der Waals surface area (Å²) in [6.07, 6.45) is 0. The Morgan fingerprint density at radius 3 is 2.42 bits per heavy atom. The van der Waals surface area contributed by atoms with Gasteiger partial charge in [0.05, 0.1) is 18.7 Å². The normalized spacial score (nSPS) is 9.74. The van der Waals surface area contributed by atoms with Crippen LogP contribution < -0.4 is 9.47 Å². The first kappa shape index (κ1) is 13.7. The number of nitriles is 1. The predicted molar refractivity (Wildman–Crippen MR) is 81.2 cm³/mol. The zero-order valence-electron chi connectivity index (χ0n) is 10.4. The van der Waals surface area contributed by atoms with Gasteiger partial charge in [-0.1, -0.05) is 12.1 Å². The van der Waals surface area contributed by atoms with Crippen LogP contribution in [0.15, 0.2) is 42.5 Å². The summed E-state index contributed by atoms with van der Waals surface area (Å²) in [7, 11) is 1.57. The maximum atomic E-state index is 8.94. The molecule has 0 aliphatic carbocycles. The Bertz CT molecular complexity index is 603. The number of halogens is 1. The molecular formula is C15H12INO2. The average molecular weight is 365 g/mol. The number of ether oxygens (including phenoxy) is 2. The number of rotatable bonds is 4. The summed E-state index contributed by atoms with van der Waals surface area (Å²) in [5, 5.41) is 8.94. The van der Waals surface area contributed by atoms with E-state index in [1.165, 1.54) is 3.57 Å². The summed E-state index contributed by atoms with van der Waals surface area (Å²) in [6, 6.07) is 15.3. The van der Waals surface area contributed by atoms with Gasteiger partial charge >= 0.3 is 0 Å². The van der Waals surface area contributed by atoms with Gasteiger partial charge in [-0.25, -0.2) is 0 Å². The lowest BCUT2D eigenvalue weighted by molar-refractivity contribution is 0.303. The number of hydrogen-bond acceptors (Lipinski definition) is 3. The first-order chi connectivity index (χ1) is 9.21. The molecule has 96 valence electrons. The van der Waals surface area contributed by atoms with Crippen molar-refractivity contribution in [3.63, 3.8) is 0 Å². The van der Waals surface area contributed by atoms with E-state index in [0.717, 1.165) is 5.56 Å². The van der Waals surface area contributed by atoms with Gasteiger partial charge in [0.1, 0.15) is 18.1 Å². The maximum Gasteiger partial charge on any atom is 0.124 e. The summed E-state index contributed by atoms with van der Waals surface area (Å²) in [6.45, 7) is 0.467. The van der Waals surface area contributed by atoms with Crippen LogP contribution in [-0.2, 0) is 6.61 Å². The largest absolute Gasteiger partial charge is 0.497 e. The Labute approximate surface area is 125 Å².